The van der Waals surface area contributed by atoms with E-state index >= 15 is 0 Å². The van der Waals surface area contributed by atoms with Crippen LogP contribution in [-0.4, -0.2) is 20.9 Å². The number of fused-ring (bicyclic) bond motifs is 1. The molecular formula is C24H21N3O3S. The van der Waals surface area contributed by atoms with E-state index in [1.165, 1.54) is 11.8 Å². The molecule has 0 fully saturated rings. The van der Waals surface area contributed by atoms with E-state index in [2.05, 4.69) is 10.3 Å². The topological polar surface area (TPSA) is 95.1 Å². The van der Waals surface area contributed by atoms with Gasteiger partial charge in [-0.15, -0.1) is 0 Å². The lowest BCUT2D eigenvalue weighted by atomic mass is 9.76. The van der Waals surface area contributed by atoms with Gasteiger partial charge in [-0.05, 0) is 36.1 Å². The lowest BCUT2D eigenvalue weighted by Crippen LogP contribution is -2.32. The van der Waals surface area contributed by atoms with Gasteiger partial charge in [-0.3, -0.25) is 9.59 Å². The molecule has 1 aromatic heterocycles. The zero-order valence-electron chi connectivity index (χ0n) is 16.7. The molecule has 0 bridgehead atoms. The van der Waals surface area contributed by atoms with Crippen LogP contribution < -0.4 is 10.9 Å². The third-order valence-corrected chi connectivity index (χ3v) is 6.60. The molecule has 5 rings (SSSR count). The summed E-state index contributed by atoms with van der Waals surface area (Å²) in [5, 5.41) is 13.8. The van der Waals surface area contributed by atoms with Gasteiger partial charge in [0.15, 0.2) is 10.9 Å². The van der Waals surface area contributed by atoms with E-state index < -0.39 is 5.92 Å². The molecular weight excluding hydrogens is 410 g/mol. The predicted molar refractivity (Wildman–Crippen MR) is 120 cm³/mol. The number of carbonyl (C=O) groups excluding carboxylic acids is 1. The fraction of sp³-hybridized carbons (Fsp3) is 0.208. The summed E-state index contributed by atoms with van der Waals surface area (Å²) in [4.78, 5) is 33.6. The Labute approximate surface area is 183 Å². The van der Waals surface area contributed by atoms with Crippen LogP contribution in [0.4, 0.5) is 5.82 Å². The lowest BCUT2D eigenvalue weighted by Gasteiger charge is -2.32. The van der Waals surface area contributed by atoms with Crippen LogP contribution in [0.15, 0.2) is 75.8 Å². The Morgan fingerprint density at radius 3 is 2.71 bits per heavy atom. The average molecular weight is 432 g/mol. The second-order valence-electron chi connectivity index (χ2n) is 7.73. The Kier molecular flexibility index (Phi) is 5.11. The number of nitrogens with one attached hydrogen (secondary N) is 2. The Morgan fingerprint density at radius 1 is 1.06 bits per heavy atom. The van der Waals surface area contributed by atoms with Crippen molar-refractivity contribution < 1.29 is 9.90 Å². The molecule has 6 nitrogen and oxygen atoms in total. The van der Waals surface area contributed by atoms with E-state index in [0.29, 0.717) is 39.8 Å². The minimum atomic E-state index is -0.546. The highest BCUT2D eigenvalue weighted by molar-refractivity contribution is 7.98. The van der Waals surface area contributed by atoms with Crippen LogP contribution >= 0.6 is 11.8 Å². The molecule has 1 aliphatic heterocycles. The Hall–Kier alpha value is -3.32. The van der Waals surface area contributed by atoms with Gasteiger partial charge in [-0.1, -0.05) is 54.2 Å². The third-order valence-electron chi connectivity index (χ3n) is 5.66. The minimum Gasteiger partial charge on any atom is -0.508 e. The molecule has 3 N–H and O–H groups in total. The minimum absolute atomic E-state index is 0.0367. The molecule has 1 aliphatic carbocycles. The van der Waals surface area contributed by atoms with Crippen LogP contribution in [0.25, 0.3) is 0 Å². The van der Waals surface area contributed by atoms with Gasteiger partial charge in [0, 0.05) is 29.4 Å². The maximum atomic E-state index is 13.2. The number of nitrogens with zero attached hydrogens (tertiary/aromatic N) is 1. The number of anilines is 1. The number of Topliss-reactive ketones (excluding diaryl/α,β-unsaturated/α-hetero) is 1. The number of allylic oxidation sites excluding steroid dienone is 2. The monoisotopic (exact) mass is 431 g/mol. The molecule has 0 unspecified atom stereocenters. The third kappa shape index (κ3) is 3.77. The summed E-state index contributed by atoms with van der Waals surface area (Å²) >= 11 is 1.46. The number of phenolic OH excluding ortho intramolecular Hbond substituents is 1. The quantitative estimate of drug-likeness (QED) is 0.420. The van der Waals surface area contributed by atoms with Crippen LogP contribution in [0.5, 0.6) is 5.75 Å². The Bertz CT molecular complexity index is 1250. The maximum Gasteiger partial charge on any atom is 0.257 e. The molecule has 0 amide bonds. The first-order valence-electron chi connectivity index (χ1n) is 10.2. The molecule has 0 saturated carbocycles. The predicted octanol–water partition coefficient (Wildman–Crippen LogP) is 4.33. The number of aromatic hydroxyl groups is 1. The van der Waals surface area contributed by atoms with Crippen LogP contribution in [0.3, 0.4) is 0 Å². The summed E-state index contributed by atoms with van der Waals surface area (Å²) in [6.07, 6.45) is 1.96. The molecule has 1 atom stereocenters. The molecule has 2 heterocycles. The smallest absolute Gasteiger partial charge is 0.257 e. The fourth-order valence-electron chi connectivity index (χ4n) is 4.27. The van der Waals surface area contributed by atoms with Gasteiger partial charge < -0.3 is 15.4 Å². The van der Waals surface area contributed by atoms with Crippen molar-refractivity contribution in [3.63, 3.8) is 0 Å². The largest absolute Gasteiger partial charge is 0.508 e. The molecule has 2 aromatic carbocycles. The number of aromatic nitrogens is 2. The van der Waals surface area contributed by atoms with Crippen molar-refractivity contribution in [3.8, 4) is 5.75 Å². The number of rotatable bonds is 4. The van der Waals surface area contributed by atoms with Crippen molar-refractivity contribution in [2.75, 3.05) is 5.32 Å². The van der Waals surface area contributed by atoms with Crippen molar-refractivity contribution in [1.29, 1.82) is 0 Å². The van der Waals surface area contributed by atoms with Crippen LogP contribution in [0, 0.1) is 0 Å². The molecule has 0 spiro atoms. The second kappa shape index (κ2) is 8.07. The number of aromatic amines is 1. The van der Waals surface area contributed by atoms with Gasteiger partial charge in [-0.2, -0.15) is 0 Å². The molecule has 0 saturated heterocycles. The number of phenols is 1. The van der Waals surface area contributed by atoms with Crippen LogP contribution in [0.1, 0.15) is 41.9 Å². The summed E-state index contributed by atoms with van der Waals surface area (Å²) < 4.78 is 0. The zero-order chi connectivity index (χ0) is 21.4. The summed E-state index contributed by atoms with van der Waals surface area (Å²) in [5.74, 6) is 0.763. The first-order valence-corrected chi connectivity index (χ1v) is 11.2. The zero-order valence-corrected chi connectivity index (χ0v) is 17.5. The van der Waals surface area contributed by atoms with E-state index in [9.17, 15) is 14.7 Å². The van der Waals surface area contributed by atoms with Gasteiger partial charge >= 0.3 is 0 Å². The second-order valence-corrected chi connectivity index (χ2v) is 8.69. The van der Waals surface area contributed by atoms with Gasteiger partial charge in [0.25, 0.3) is 5.56 Å². The van der Waals surface area contributed by atoms with Crippen molar-refractivity contribution in [1.82, 2.24) is 9.97 Å². The summed E-state index contributed by atoms with van der Waals surface area (Å²) in [5.41, 5.74) is 3.44. The fourth-order valence-corrected chi connectivity index (χ4v) is 5.09. The van der Waals surface area contributed by atoms with E-state index in [1.807, 2.05) is 36.4 Å². The van der Waals surface area contributed by atoms with Crippen molar-refractivity contribution >= 4 is 23.4 Å². The SMILES string of the molecule is O=C1CCCC2=C1[C@H](c1cccc(O)c1)c1c(nc(SCc3ccccc3)[nH]c1=O)N2. The standard InChI is InChI=1S/C24H21N3O3S/c28-16-9-4-8-15(12-16)19-20-17(10-5-11-18(20)29)25-22-21(19)23(30)27-24(26-22)31-13-14-6-2-1-3-7-14/h1-4,6-9,12,19,28H,5,10-11,13H2,(H2,25,26,27,30)/t19-/m0/s1. The number of ketones is 1. The van der Waals surface area contributed by atoms with Crippen molar-refractivity contribution in [2.45, 2.75) is 36.1 Å². The highest BCUT2D eigenvalue weighted by Gasteiger charge is 2.37. The van der Waals surface area contributed by atoms with E-state index in [4.69, 9.17) is 4.98 Å². The van der Waals surface area contributed by atoms with Gasteiger partial charge in [0.2, 0.25) is 0 Å². The summed E-state index contributed by atoms with van der Waals surface area (Å²) in [6.45, 7) is 0. The number of hydrogen-bond donors (Lipinski definition) is 3. The lowest BCUT2D eigenvalue weighted by molar-refractivity contribution is -0.116. The molecule has 2 aliphatic rings. The molecule has 156 valence electrons. The van der Waals surface area contributed by atoms with E-state index in [-0.39, 0.29) is 17.1 Å². The average Bonchev–Trinajstić information content (AvgIpc) is 2.77. The molecule has 31 heavy (non-hydrogen) atoms. The first-order chi connectivity index (χ1) is 15.1. The molecule has 3 aromatic rings. The summed E-state index contributed by atoms with van der Waals surface area (Å²) in [7, 11) is 0. The molecule has 0 radical (unpaired) electrons. The number of thioether (sulfide) groups is 1. The van der Waals surface area contributed by atoms with Gasteiger partial charge in [-0.25, -0.2) is 4.98 Å². The number of hydrogen-bond acceptors (Lipinski definition) is 6. The summed E-state index contributed by atoms with van der Waals surface area (Å²) in [6, 6.07) is 16.8. The van der Waals surface area contributed by atoms with Crippen molar-refractivity contribution in [2.24, 2.45) is 0 Å². The Morgan fingerprint density at radius 2 is 1.90 bits per heavy atom. The first kappa shape index (κ1) is 19.6. The van der Waals surface area contributed by atoms with E-state index in [0.717, 1.165) is 24.1 Å². The normalized spacial score (nSPS) is 17.7. The van der Waals surface area contributed by atoms with Crippen LogP contribution in [0.2, 0.25) is 0 Å². The highest BCUT2D eigenvalue weighted by Crippen LogP contribution is 2.44. The van der Waals surface area contributed by atoms with E-state index in [1.54, 1.807) is 18.2 Å². The maximum absolute atomic E-state index is 13.2. The van der Waals surface area contributed by atoms with Crippen molar-refractivity contribution in [3.05, 3.63) is 92.9 Å². The number of benzene rings is 2. The number of carbonyl (C=O) groups is 1. The van der Waals surface area contributed by atoms with Crippen LogP contribution in [-0.2, 0) is 10.5 Å². The van der Waals surface area contributed by atoms with Gasteiger partial charge in [0.05, 0.1) is 5.56 Å². The molecule has 7 heteroatoms. The van der Waals surface area contributed by atoms with Gasteiger partial charge in [0.1, 0.15) is 11.6 Å². The Balaban J connectivity index is 1.58. The highest BCUT2D eigenvalue weighted by atomic mass is 32.2. The number of H-pyrrole nitrogens is 1.